The van der Waals surface area contributed by atoms with Gasteiger partial charge in [0.1, 0.15) is 13.2 Å². The molecule has 0 saturated heterocycles. The molecule has 0 aromatic heterocycles. The third kappa shape index (κ3) is 5.19. The fourth-order valence-corrected chi connectivity index (χ4v) is 2.59. The van der Waals surface area contributed by atoms with Crippen molar-refractivity contribution in [3.05, 3.63) is 48.0 Å². The van der Waals surface area contributed by atoms with Crippen molar-refractivity contribution in [2.45, 2.75) is 13.0 Å². The molecule has 2 aromatic carbocycles. The Labute approximate surface area is 167 Å². The standard InChI is InChI=1S/C21H21NO7/c1-13(21(25)22-15-5-7-17-19(12-15)28-10-9-27-17)29-20(24)8-4-14-3-6-16(23)18(11-14)26-2/h3-8,11-13,23H,9-10H2,1-2H3,(H,22,25)/b8-4+. The van der Waals surface area contributed by atoms with Gasteiger partial charge in [-0.25, -0.2) is 4.79 Å². The predicted molar refractivity (Wildman–Crippen MR) is 105 cm³/mol. The van der Waals surface area contributed by atoms with Crippen LogP contribution in [0.15, 0.2) is 42.5 Å². The Hall–Kier alpha value is -3.68. The maximum Gasteiger partial charge on any atom is 0.331 e. The van der Waals surface area contributed by atoms with Crippen molar-refractivity contribution in [2.24, 2.45) is 0 Å². The lowest BCUT2D eigenvalue weighted by Gasteiger charge is -2.19. The second kappa shape index (κ2) is 9.01. The molecule has 2 aromatic rings. The first kappa shape index (κ1) is 20.1. The van der Waals surface area contributed by atoms with Crippen LogP contribution in [0, 0.1) is 0 Å². The molecule has 0 fully saturated rings. The lowest BCUT2D eigenvalue weighted by Crippen LogP contribution is -2.29. The number of methoxy groups -OCH3 is 1. The van der Waals surface area contributed by atoms with Gasteiger partial charge >= 0.3 is 5.97 Å². The number of hydrogen-bond acceptors (Lipinski definition) is 7. The molecule has 1 aliphatic rings. The molecule has 1 unspecified atom stereocenters. The average Bonchev–Trinajstić information content (AvgIpc) is 2.73. The van der Waals surface area contributed by atoms with Crippen LogP contribution in [0.3, 0.4) is 0 Å². The number of nitrogens with one attached hydrogen (secondary N) is 1. The summed E-state index contributed by atoms with van der Waals surface area (Å²) < 4.78 is 21.0. The minimum absolute atomic E-state index is 0.00309. The Morgan fingerprint density at radius 3 is 2.66 bits per heavy atom. The summed E-state index contributed by atoms with van der Waals surface area (Å²) in [5.74, 6) is 0.289. The molecular weight excluding hydrogens is 378 g/mol. The molecule has 8 nitrogen and oxygen atoms in total. The second-order valence-electron chi connectivity index (χ2n) is 6.19. The minimum atomic E-state index is -1.00. The third-order valence-electron chi connectivity index (χ3n) is 4.09. The van der Waals surface area contributed by atoms with E-state index in [0.717, 1.165) is 0 Å². The van der Waals surface area contributed by atoms with Crippen LogP contribution in [0.2, 0.25) is 0 Å². The number of ether oxygens (including phenoxy) is 4. The van der Waals surface area contributed by atoms with Gasteiger partial charge in [0.15, 0.2) is 29.1 Å². The maximum absolute atomic E-state index is 12.3. The van der Waals surface area contributed by atoms with Crippen LogP contribution >= 0.6 is 0 Å². The molecular formula is C21H21NO7. The van der Waals surface area contributed by atoms with Crippen molar-refractivity contribution < 1.29 is 33.6 Å². The summed E-state index contributed by atoms with van der Waals surface area (Å²) in [5.41, 5.74) is 1.14. The van der Waals surface area contributed by atoms with E-state index in [9.17, 15) is 14.7 Å². The number of phenols is 1. The van der Waals surface area contributed by atoms with E-state index < -0.39 is 18.0 Å². The van der Waals surface area contributed by atoms with Gasteiger partial charge in [0.05, 0.1) is 7.11 Å². The number of hydrogen-bond donors (Lipinski definition) is 2. The number of anilines is 1. The van der Waals surface area contributed by atoms with Gasteiger partial charge in [0.2, 0.25) is 0 Å². The van der Waals surface area contributed by atoms with E-state index in [1.807, 2.05) is 0 Å². The van der Waals surface area contributed by atoms with E-state index in [1.54, 1.807) is 30.3 Å². The van der Waals surface area contributed by atoms with E-state index in [4.69, 9.17) is 18.9 Å². The Morgan fingerprint density at radius 1 is 1.14 bits per heavy atom. The van der Waals surface area contributed by atoms with Crippen molar-refractivity contribution in [3.8, 4) is 23.0 Å². The number of phenolic OH excluding ortho intramolecular Hbond substituents is 1. The van der Waals surface area contributed by atoms with Crippen molar-refractivity contribution in [1.29, 1.82) is 0 Å². The number of aromatic hydroxyl groups is 1. The molecule has 3 rings (SSSR count). The summed E-state index contributed by atoms with van der Waals surface area (Å²) in [6.45, 7) is 2.40. The Balaban J connectivity index is 1.55. The highest BCUT2D eigenvalue weighted by atomic mass is 16.6. The van der Waals surface area contributed by atoms with Gasteiger partial charge in [-0.05, 0) is 42.8 Å². The van der Waals surface area contributed by atoms with E-state index >= 15 is 0 Å². The molecule has 1 heterocycles. The van der Waals surface area contributed by atoms with Crippen LogP contribution in [0.4, 0.5) is 5.69 Å². The van der Waals surface area contributed by atoms with Gasteiger partial charge in [-0.1, -0.05) is 6.07 Å². The number of benzene rings is 2. The minimum Gasteiger partial charge on any atom is -0.504 e. The Bertz CT molecular complexity index is 939. The number of amides is 1. The SMILES string of the molecule is COc1cc(/C=C/C(=O)OC(C)C(=O)Nc2ccc3c(c2)OCCO3)ccc1O. The highest BCUT2D eigenvalue weighted by Gasteiger charge is 2.18. The monoisotopic (exact) mass is 399 g/mol. The van der Waals surface area contributed by atoms with Crippen LogP contribution < -0.4 is 19.5 Å². The molecule has 1 aliphatic heterocycles. The lowest BCUT2D eigenvalue weighted by molar-refractivity contribution is -0.148. The lowest BCUT2D eigenvalue weighted by atomic mass is 10.2. The second-order valence-corrected chi connectivity index (χ2v) is 6.19. The predicted octanol–water partition coefficient (Wildman–Crippen LogP) is 2.76. The normalized spacial score (nSPS) is 13.6. The summed E-state index contributed by atoms with van der Waals surface area (Å²) in [7, 11) is 1.43. The van der Waals surface area contributed by atoms with Gasteiger partial charge < -0.3 is 29.4 Å². The summed E-state index contributed by atoms with van der Waals surface area (Å²) in [6, 6.07) is 9.66. The van der Waals surface area contributed by atoms with Crippen molar-refractivity contribution in [3.63, 3.8) is 0 Å². The summed E-state index contributed by atoms with van der Waals surface area (Å²) in [5, 5.41) is 12.3. The van der Waals surface area contributed by atoms with Crippen molar-refractivity contribution >= 4 is 23.6 Å². The third-order valence-corrected chi connectivity index (χ3v) is 4.09. The van der Waals surface area contributed by atoms with E-state index in [-0.39, 0.29) is 11.5 Å². The molecule has 0 radical (unpaired) electrons. The van der Waals surface area contributed by atoms with Crippen LogP contribution in [-0.4, -0.2) is 43.4 Å². The fraction of sp³-hybridized carbons (Fsp3) is 0.238. The van der Waals surface area contributed by atoms with Crippen LogP contribution in [0.25, 0.3) is 6.08 Å². The number of carbonyl (C=O) groups excluding carboxylic acids is 2. The molecule has 29 heavy (non-hydrogen) atoms. The molecule has 1 amide bonds. The van der Waals surface area contributed by atoms with Gasteiger partial charge in [0, 0.05) is 17.8 Å². The van der Waals surface area contributed by atoms with Crippen LogP contribution in [0.5, 0.6) is 23.0 Å². The number of fused-ring (bicyclic) bond motifs is 1. The molecule has 152 valence electrons. The largest absolute Gasteiger partial charge is 0.504 e. The molecule has 0 aliphatic carbocycles. The summed E-state index contributed by atoms with van der Waals surface area (Å²) >= 11 is 0. The zero-order valence-corrected chi connectivity index (χ0v) is 16.0. The number of esters is 1. The summed E-state index contributed by atoms with van der Waals surface area (Å²) in [4.78, 5) is 24.3. The maximum atomic E-state index is 12.3. The molecule has 2 N–H and O–H groups in total. The van der Waals surface area contributed by atoms with E-state index in [2.05, 4.69) is 5.32 Å². The van der Waals surface area contributed by atoms with E-state index in [1.165, 1.54) is 32.3 Å². The average molecular weight is 399 g/mol. The highest BCUT2D eigenvalue weighted by Crippen LogP contribution is 2.32. The smallest absolute Gasteiger partial charge is 0.331 e. The number of rotatable bonds is 6. The molecule has 0 bridgehead atoms. The van der Waals surface area contributed by atoms with Gasteiger partial charge in [-0.3, -0.25) is 4.79 Å². The molecule has 0 spiro atoms. The van der Waals surface area contributed by atoms with Gasteiger partial charge in [-0.15, -0.1) is 0 Å². The van der Waals surface area contributed by atoms with Crippen molar-refractivity contribution in [1.82, 2.24) is 0 Å². The van der Waals surface area contributed by atoms with Crippen molar-refractivity contribution in [2.75, 3.05) is 25.6 Å². The zero-order chi connectivity index (χ0) is 20.8. The number of carbonyl (C=O) groups is 2. The first-order chi connectivity index (χ1) is 14.0. The first-order valence-electron chi connectivity index (χ1n) is 8.92. The van der Waals surface area contributed by atoms with Gasteiger partial charge in [0.25, 0.3) is 5.91 Å². The topological polar surface area (TPSA) is 103 Å². The fourth-order valence-electron chi connectivity index (χ4n) is 2.59. The van der Waals surface area contributed by atoms with Crippen LogP contribution in [-0.2, 0) is 14.3 Å². The highest BCUT2D eigenvalue weighted by molar-refractivity contribution is 5.96. The first-order valence-corrected chi connectivity index (χ1v) is 8.92. The Morgan fingerprint density at radius 2 is 1.90 bits per heavy atom. The quantitative estimate of drug-likeness (QED) is 0.569. The molecule has 0 saturated carbocycles. The zero-order valence-electron chi connectivity index (χ0n) is 16.0. The van der Waals surface area contributed by atoms with Gasteiger partial charge in [-0.2, -0.15) is 0 Å². The molecule has 1 atom stereocenters. The summed E-state index contributed by atoms with van der Waals surface area (Å²) in [6.07, 6.45) is 1.68. The van der Waals surface area contributed by atoms with Crippen LogP contribution in [0.1, 0.15) is 12.5 Å². The van der Waals surface area contributed by atoms with E-state index in [0.29, 0.717) is 36.0 Å². The Kier molecular flexibility index (Phi) is 6.23. The molecule has 8 heteroatoms.